The summed E-state index contributed by atoms with van der Waals surface area (Å²) in [4.78, 5) is 58.2. The van der Waals surface area contributed by atoms with E-state index in [0.717, 1.165) is 11.3 Å². The van der Waals surface area contributed by atoms with Crippen LogP contribution in [0.2, 0.25) is 0 Å². The normalized spacial score (nSPS) is 20.4. The van der Waals surface area contributed by atoms with Gasteiger partial charge < -0.3 is 19.1 Å². The SMILES string of the molecule is COc1cccc([C@H]2[C@@H](C(=O)c3ccc(OC(C)=O)cc3)N3c4ccccc4C=C[C@@H]3C23C(=O)c2ccccc2C3=O)c1OC. The molecule has 0 amide bonds. The molecular weight excluding hydrogens is 570 g/mol. The van der Waals surface area contributed by atoms with Gasteiger partial charge in [-0.05, 0) is 42.0 Å². The molecule has 4 aromatic carbocycles. The minimum Gasteiger partial charge on any atom is -0.493 e. The third kappa shape index (κ3) is 3.98. The molecule has 1 saturated heterocycles. The summed E-state index contributed by atoms with van der Waals surface area (Å²) in [6.45, 7) is 1.30. The molecule has 2 heterocycles. The van der Waals surface area contributed by atoms with E-state index in [1.54, 1.807) is 66.7 Å². The maximum Gasteiger partial charge on any atom is 0.308 e. The number of Topliss-reactive ketones (excluding diaryl/α,β-unsaturated/α-hetero) is 3. The van der Waals surface area contributed by atoms with Crippen molar-refractivity contribution in [1.29, 1.82) is 0 Å². The quantitative estimate of drug-likeness (QED) is 0.116. The first-order valence-corrected chi connectivity index (χ1v) is 14.6. The van der Waals surface area contributed by atoms with E-state index in [0.29, 0.717) is 39.5 Å². The Hall–Kier alpha value is -5.50. The molecule has 7 rings (SSSR count). The van der Waals surface area contributed by atoms with Gasteiger partial charge in [-0.15, -0.1) is 0 Å². The van der Waals surface area contributed by atoms with E-state index in [9.17, 15) is 19.2 Å². The zero-order valence-corrected chi connectivity index (χ0v) is 24.9. The first kappa shape index (κ1) is 28.3. The van der Waals surface area contributed by atoms with Crippen LogP contribution in [-0.2, 0) is 4.79 Å². The fourth-order valence-electron chi connectivity index (χ4n) is 7.44. The summed E-state index contributed by atoms with van der Waals surface area (Å²) >= 11 is 0. The predicted molar refractivity (Wildman–Crippen MR) is 167 cm³/mol. The van der Waals surface area contributed by atoms with Crippen molar-refractivity contribution in [1.82, 2.24) is 0 Å². The van der Waals surface area contributed by atoms with Crippen molar-refractivity contribution in [3.05, 3.63) is 125 Å². The number of fused-ring (bicyclic) bond motifs is 5. The fourth-order valence-corrected chi connectivity index (χ4v) is 7.44. The molecule has 0 aromatic heterocycles. The van der Waals surface area contributed by atoms with Crippen LogP contribution in [0.25, 0.3) is 6.08 Å². The van der Waals surface area contributed by atoms with Crippen LogP contribution < -0.4 is 19.1 Å². The van der Waals surface area contributed by atoms with Crippen LogP contribution in [-0.4, -0.2) is 49.6 Å². The van der Waals surface area contributed by atoms with Crippen molar-refractivity contribution in [2.45, 2.75) is 24.9 Å². The molecule has 0 saturated carbocycles. The first-order chi connectivity index (χ1) is 21.8. The lowest BCUT2D eigenvalue weighted by atomic mass is 9.64. The second kappa shape index (κ2) is 10.6. The molecule has 2 aliphatic heterocycles. The Balaban J connectivity index is 1.53. The number of carbonyl (C=O) groups is 4. The van der Waals surface area contributed by atoms with Gasteiger partial charge in [-0.25, -0.2) is 0 Å². The largest absolute Gasteiger partial charge is 0.493 e. The van der Waals surface area contributed by atoms with E-state index < -0.39 is 29.4 Å². The van der Waals surface area contributed by atoms with Crippen molar-refractivity contribution in [3.63, 3.8) is 0 Å². The Labute approximate surface area is 259 Å². The first-order valence-electron chi connectivity index (χ1n) is 14.6. The number of nitrogens with zero attached hydrogens (tertiary/aromatic N) is 1. The Kier molecular flexibility index (Phi) is 6.66. The van der Waals surface area contributed by atoms with Crippen molar-refractivity contribution >= 4 is 35.1 Å². The third-order valence-electron chi connectivity index (χ3n) is 9.15. The second-order valence-corrected chi connectivity index (χ2v) is 11.3. The van der Waals surface area contributed by atoms with E-state index in [2.05, 4.69) is 0 Å². The van der Waals surface area contributed by atoms with Crippen LogP contribution in [0.3, 0.4) is 0 Å². The number of methoxy groups -OCH3 is 2. The van der Waals surface area contributed by atoms with E-state index in [4.69, 9.17) is 14.2 Å². The number of rotatable bonds is 6. The van der Waals surface area contributed by atoms with Gasteiger partial charge >= 0.3 is 5.97 Å². The van der Waals surface area contributed by atoms with Crippen molar-refractivity contribution in [2.75, 3.05) is 19.1 Å². The van der Waals surface area contributed by atoms with Gasteiger partial charge in [0.1, 0.15) is 17.2 Å². The van der Waals surface area contributed by atoms with Crippen LogP contribution in [0.5, 0.6) is 17.2 Å². The molecule has 3 atom stereocenters. The maximum absolute atomic E-state index is 14.9. The molecular formula is C37H29NO7. The lowest BCUT2D eigenvalue weighted by molar-refractivity contribution is -0.131. The topological polar surface area (TPSA) is 99.2 Å². The molecule has 224 valence electrons. The number of carbonyl (C=O) groups excluding carboxylic acids is 4. The third-order valence-corrected chi connectivity index (χ3v) is 9.15. The van der Waals surface area contributed by atoms with Gasteiger partial charge in [0.2, 0.25) is 0 Å². The van der Waals surface area contributed by atoms with Gasteiger partial charge in [0, 0.05) is 40.8 Å². The highest BCUT2D eigenvalue weighted by Crippen LogP contribution is 2.62. The molecule has 4 aromatic rings. The molecule has 0 unspecified atom stereocenters. The van der Waals surface area contributed by atoms with Crippen LogP contribution in [0.15, 0.2) is 97.1 Å². The van der Waals surface area contributed by atoms with E-state index in [1.165, 1.54) is 21.1 Å². The predicted octanol–water partition coefficient (Wildman–Crippen LogP) is 5.95. The van der Waals surface area contributed by atoms with E-state index in [1.807, 2.05) is 41.3 Å². The summed E-state index contributed by atoms with van der Waals surface area (Å²) in [6.07, 6.45) is 3.79. The summed E-state index contributed by atoms with van der Waals surface area (Å²) in [5, 5.41) is 0. The second-order valence-electron chi connectivity index (χ2n) is 11.3. The van der Waals surface area contributed by atoms with Gasteiger partial charge in [-0.3, -0.25) is 19.2 Å². The lowest BCUT2D eigenvalue weighted by Crippen LogP contribution is -2.48. The average Bonchev–Trinajstić information content (AvgIpc) is 3.50. The van der Waals surface area contributed by atoms with Gasteiger partial charge in [0.15, 0.2) is 28.8 Å². The zero-order valence-electron chi connectivity index (χ0n) is 24.9. The number of hydrogen-bond acceptors (Lipinski definition) is 8. The summed E-state index contributed by atoms with van der Waals surface area (Å²) in [5.74, 6) is -1.36. The zero-order chi connectivity index (χ0) is 31.5. The molecule has 1 fully saturated rings. The van der Waals surface area contributed by atoms with Crippen LogP contribution >= 0.6 is 0 Å². The van der Waals surface area contributed by atoms with Gasteiger partial charge in [0.05, 0.1) is 20.3 Å². The number of ketones is 3. The standard InChI is InChI=1S/C37H29NO7/c1-21(39)45-24-18-15-23(16-19-24)33(40)32-31(27-12-8-14-29(43-2)34(27)44-3)37(35(41)25-10-5-6-11-26(25)36(37)42)30-20-17-22-9-4-7-13-28(22)38(30)32/h4-20,30-32H,1-3H3/t30-,31+,32+/m1/s1. The minimum atomic E-state index is -1.69. The molecule has 45 heavy (non-hydrogen) atoms. The van der Waals surface area contributed by atoms with Gasteiger partial charge in [-0.2, -0.15) is 0 Å². The highest BCUT2D eigenvalue weighted by atomic mass is 16.5. The monoisotopic (exact) mass is 599 g/mol. The number of anilines is 1. The lowest BCUT2D eigenvalue weighted by Gasteiger charge is -2.37. The van der Waals surface area contributed by atoms with Crippen molar-refractivity contribution in [2.24, 2.45) is 5.41 Å². The van der Waals surface area contributed by atoms with Crippen LogP contribution in [0.4, 0.5) is 5.69 Å². The minimum absolute atomic E-state index is 0.300. The van der Waals surface area contributed by atoms with Gasteiger partial charge in [-0.1, -0.05) is 66.7 Å². The molecule has 8 nitrogen and oxygen atoms in total. The molecule has 1 aliphatic carbocycles. The Morgan fingerprint density at radius 1 is 0.778 bits per heavy atom. The Bertz CT molecular complexity index is 1890. The van der Waals surface area contributed by atoms with Crippen molar-refractivity contribution in [3.8, 4) is 17.2 Å². The number of esters is 1. The molecule has 0 bridgehead atoms. The number of ether oxygens (including phenoxy) is 3. The number of benzene rings is 4. The summed E-state index contributed by atoms with van der Waals surface area (Å²) in [7, 11) is 3.02. The number of para-hydroxylation sites is 2. The molecule has 1 spiro atoms. The van der Waals surface area contributed by atoms with E-state index >= 15 is 0 Å². The molecule has 0 N–H and O–H groups in total. The summed E-state index contributed by atoms with van der Waals surface area (Å²) in [6, 6.07) is 24.3. The highest BCUT2D eigenvalue weighted by Gasteiger charge is 2.72. The molecule has 0 radical (unpaired) electrons. The smallest absolute Gasteiger partial charge is 0.308 e. The highest BCUT2D eigenvalue weighted by molar-refractivity contribution is 6.32. The van der Waals surface area contributed by atoms with Crippen LogP contribution in [0.1, 0.15) is 55.0 Å². The van der Waals surface area contributed by atoms with Crippen LogP contribution in [0, 0.1) is 5.41 Å². The maximum atomic E-state index is 14.9. The molecule has 8 heteroatoms. The van der Waals surface area contributed by atoms with Gasteiger partial charge in [0.25, 0.3) is 0 Å². The average molecular weight is 600 g/mol. The summed E-state index contributed by atoms with van der Waals surface area (Å²) in [5.41, 5.74) is 1.43. The number of hydrogen-bond donors (Lipinski definition) is 0. The molecule has 3 aliphatic rings. The van der Waals surface area contributed by atoms with Crippen molar-refractivity contribution < 1.29 is 33.4 Å². The Morgan fingerprint density at radius 2 is 1.44 bits per heavy atom. The summed E-state index contributed by atoms with van der Waals surface area (Å²) < 4.78 is 16.8. The fraction of sp³-hybridized carbons (Fsp3) is 0.189. The van der Waals surface area contributed by atoms with E-state index in [-0.39, 0.29) is 17.3 Å². The Morgan fingerprint density at radius 3 is 2.09 bits per heavy atom.